The Balaban J connectivity index is 2.32. The molecule has 0 aromatic heterocycles. The second-order valence-corrected chi connectivity index (χ2v) is 4.95. The van der Waals surface area contributed by atoms with E-state index >= 15 is 0 Å². The van der Waals surface area contributed by atoms with E-state index in [-0.39, 0.29) is 12.5 Å². The van der Waals surface area contributed by atoms with E-state index in [0.717, 1.165) is 4.47 Å². The highest BCUT2D eigenvalue weighted by molar-refractivity contribution is 9.10. The molecule has 0 aliphatic rings. The number of hydrogen-bond acceptors (Lipinski definition) is 3. The molecular formula is C13H16BrN3O3. The Morgan fingerprint density at radius 2 is 1.70 bits per heavy atom. The molecule has 0 saturated carbocycles. The van der Waals surface area contributed by atoms with Gasteiger partial charge in [-0.2, -0.15) is 0 Å². The molecule has 0 radical (unpaired) electrons. The van der Waals surface area contributed by atoms with Gasteiger partial charge in [-0.1, -0.05) is 22.9 Å². The summed E-state index contributed by atoms with van der Waals surface area (Å²) < 4.78 is 0.858. The van der Waals surface area contributed by atoms with Crippen LogP contribution in [-0.4, -0.2) is 24.3 Å². The SMILES string of the molecule is CCCC(=O)NCC(=O)NNC(=O)c1ccc(Br)cc1. The highest BCUT2D eigenvalue weighted by atomic mass is 79.9. The molecule has 0 spiro atoms. The lowest BCUT2D eigenvalue weighted by Crippen LogP contribution is -2.46. The fourth-order valence-electron chi connectivity index (χ4n) is 1.34. The summed E-state index contributed by atoms with van der Waals surface area (Å²) in [6.45, 7) is 1.71. The number of hydrazine groups is 1. The van der Waals surface area contributed by atoms with Crippen molar-refractivity contribution in [3.8, 4) is 0 Å². The Labute approximate surface area is 125 Å². The number of carbonyl (C=O) groups excluding carboxylic acids is 3. The summed E-state index contributed by atoms with van der Waals surface area (Å²) in [5.74, 6) is -1.10. The van der Waals surface area contributed by atoms with Gasteiger partial charge < -0.3 is 5.32 Å². The fraction of sp³-hybridized carbons (Fsp3) is 0.308. The Hall–Kier alpha value is -1.89. The van der Waals surface area contributed by atoms with Crippen LogP contribution >= 0.6 is 15.9 Å². The lowest BCUT2D eigenvalue weighted by molar-refractivity contribution is -0.126. The molecule has 0 aliphatic heterocycles. The van der Waals surface area contributed by atoms with Crippen LogP contribution in [0.5, 0.6) is 0 Å². The van der Waals surface area contributed by atoms with Crippen molar-refractivity contribution in [2.24, 2.45) is 0 Å². The first-order chi connectivity index (χ1) is 9.52. The Morgan fingerprint density at radius 3 is 2.30 bits per heavy atom. The van der Waals surface area contributed by atoms with Gasteiger partial charge in [0.15, 0.2) is 0 Å². The number of carbonyl (C=O) groups is 3. The number of rotatable bonds is 5. The van der Waals surface area contributed by atoms with Crippen molar-refractivity contribution in [2.75, 3.05) is 6.54 Å². The average Bonchev–Trinajstić information content (AvgIpc) is 2.43. The predicted octanol–water partition coefficient (Wildman–Crippen LogP) is 1.13. The van der Waals surface area contributed by atoms with E-state index in [2.05, 4.69) is 32.1 Å². The molecule has 6 nitrogen and oxygen atoms in total. The van der Waals surface area contributed by atoms with E-state index in [9.17, 15) is 14.4 Å². The van der Waals surface area contributed by atoms with Crippen LogP contribution in [0.25, 0.3) is 0 Å². The van der Waals surface area contributed by atoms with Gasteiger partial charge in [0.2, 0.25) is 5.91 Å². The number of nitrogens with one attached hydrogen (secondary N) is 3. The Bertz CT molecular complexity index is 488. The molecule has 0 fully saturated rings. The van der Waals surface area contributed by atoms with Crippen LogP contribution in [0.15, 0.2) is 28.7 Å². The molecule has 0 aliphatic carbocycles. The maximum absolute atomic E-state index is 11.7. The largest absolute Gasteiger partial charge is 0.347 e. The monoisotopic (exact) mass is 341 g/mol. The second kappa shape index (κ2) is 8.31. The smallest absolute Gasteiger partial charge is 0.269 e. The molecular weight excluding hydrogens is 326 g/mol. The van der Waals surface area contributed by atoms with Crippen LogP contribution in [0.4, 0.5) is 0 Å². The van der Waals surface area contributed by atoms with Crippen molar-refractivity contribution in [1.29, 1.82) is 0 Å². The molecule has 0 saturated heterocycles. The van der Waals surface area contributed by atoms with Crippen molar-refractivity contribution in [3.63, 3.8) is 0 Å². The van der Waals surface area contributed by atoms with Gasteiger partial charge in [0.05, 0.1) is 6.54 Å². The quantitative estimate of drug-likeness (QED) is 0.701. The summed E-state index contributed by atoms with van der Waals surface area (Å²) in [6.07, 6.45) is 1.09. The van der Waals surface area contributed by atoms with Crippen molar-refractivity contribution >= 4 is 33.7 Å². The predicted molar refractivity (Wildman–Crippen MR) is 77.7 cm³/mol. The summed E-state index contributed by atoms with van der Waals surface area (Å²) in [4.78, 5) is 34.2. The van der Waals surface area contributed by atoms with E-state index in [1.807, 2.05) is 6.92 Å². The zero-order chi connectivity index (χ0) is 15.0. The highest BCUT2D eigenvalue weighted by Crippen LogP contribution is 2.09. The van der Waals surface area contributed by atoms with Gasteiger partial charge in [0, 0.05) is 16.5 Å². The normalized spacial score (nSPS) is 9.70. The third kappa shape index (κ3) is 5.83. The third-order valence-corrected chi connectivity index (χ3v) is 2.87. The minimum atomic E-state index is -0.486. The van der Waals surface area contributed by atoms with E-state index < -0.39 is 11.8 Å². The van der Waals surface area contributed by atoms with Gasteiger partial charge in [-0.25, -0.2) is 0 Å². The summed E-state index contributed by atoms with van der Waals surface area (Å²) in [5, 5.41) is 2.45. The minimum Gasteiger partial charge on any atom is -0.347 e. The van der Waals surface area contributed by atoms with Gasteiger partial charge in [0.25, 0.3) is 11.8 Å². The Morgan fingerprint density at radius 1 is 1.05 bits per heavy atom. The van der Waals surface area contributed by atoms with Gasteiger partial charge in [-0.05, 0) is 30.7 Å². The van der Waals surface area contributed by atoms with Crippen LogP contribution in [0.3, 0.4) is 0 Å². The lowest BCUT2D eigenvalue weighted by Gasteiger charge is -2.08. The number of hydrogen-bond donors (Lipinski definition) is 3. The maximum Gasteiger partial charge on any atom is 0.269 e. The lowest BCUT2D eigenvalue weighted by atomic mass is 10.2. The first-order valence-corrected chi connectivity index (χ1v) is 6.93. The summed E-state index contributed by atoms with van der Waals surface area (Å²) in [5.41, 5.74) is 4.92. The van der Waals surface area contributed by atoms with Gasteiger partial charge in [0.1, 0.15) is 0 Å². The van der Waals surface area contributed by atoms with Crippen LogP contribution < -0.4 is 16.2 Å². The second-order valence-electron chi connectivity index (χ2n) is 4.04. The van der Waals surface area contributed by atoms with Crippen molar-refractivity contribution in [1.82, 2.24) is 16.2 Å². The van der Waals surface area contributed by atoms with Crippen LogP contribution in [0.2, 0.25) is 0 Å². The number of halogens is 1. The number of amides is 3. The highest BCUT2D eigenvalue weighted by Gasteiger charge is 2.08. The summed E-state index contributed by atoms with van der Waals surface area (Å²) in [7, 11) is 0. The molecule has 3 N–H and O–H groups in total. The first kappa shape index (κ1) is 16.2. The molecule has 108 valence electrons. The number of benzene rings is 1. The van der Waals surface area contributed by atoms with Crippen LogP contribution in [-0.2, 0) is 9.59 Å². The molecule has 0 bridgehead atoms. The summed E-state index contributed by atoms with van der Waals surface area (Å²) in [6, 6.07) is 6.69. The molecule has 20 heavy (non-hydrogen) atoms. The molecule has 0 heterocycles. The molecule has 3 amide bonds. The van der Waals surface area contributed by atoms with Crippen LogP contribution in [0, 0.1) is 0 Å². The first-order valence-electron chi connectivity index (χ1n) is 6.14. The molecule has 7 heteroatoms. The van der Waals surface area contributed by atoms with Gasteiger partial charge >= 0.3 is 0 Å². The topological polar surface area (TPSA) is 87.3 Å². The van der Waals surface area contributed by atoms with E-state index in [0.29, 0.717) is 18.4 Å². The van der Waals surface area contributed by atoms with E-state index in [4.69, 9.17) is 0 Å². The molecule has 1 aromatic carbocycles. The van der Waals surface area contributed by atoms with E-state index in [1.165, 1.54) is 0 Å². The molecule has 1 aromatic rings. The fourth-order valence-corrected chi connectivity index (χ4v) is 1.60. The Kier molecular flexibility index (Phi) is 6.72. The third-order valence-electron chi connectivity index (χ3n) is 2.35. The molecule has 1 rings (SSSR count). The molecule has 0 unspecified atom stereocenters. The van der Waals surface area contributed by atoms with Crippen molar-refractivity contribution in [2.45, 2.75) is 19.8 Å². The van der Waals surface area contributed by atoms with Gasteiger partial charge in [-0.15, -0.1) is 0 Å². The average molecular weight is 342 g/mol. The zero-order valence-corrected chi connectivity index (χ0v) is 12.6. The molecule has 0 atom stereocenters. The minimum absolute atomic E-state index is 0.167. The van der Waals surface area contributed by atoms with Crippen molar-refractivity contribution in [3.05, 3.63) is 34.3 Å². The standard InChI is InChI=1S/C13H16BrN3O3/c1-2-3-11(18)15-8-12(19)16-17-13(20)9-4-6-10(14)7-5-9/h4-7H,2-3,8H2,1H3,(H,15,18)(H,16,19)(H,17,20). The maximum atomic E-state index is 11.7. The van der Waals surface area contributed by atoms with E-state index in [1.54, 1.807) is 24.3 Å². The van der Waals surface area contributed by atoms with Crippen molar-refractivity contribution < 1.29 is 14.4 Å². The van der Waals surface area contributed by atoms with Gasteiger partial charge in [-0.3, -0.25) is 25.2 Å². The van der Waals surface area contributed by atoms with Crippen LogP contribution in [0.1, 0.15) is 30.1 Å². The summed E-state index contributed by atoms with van der Waals surface area (Å²) >= 11 is 3.26. The zero-order valence-electron chi connectivity index (χ0n) is 11.0.